The van der Waals surface area contributed by atoms with Crippen LogP contribution in [0.2, 0.25) is 0 Å². The molecule has 55 valence electrons. The van der Waals surface area contributed by atoms with Gasteiger partial charge in [0.2, 0.25) is 20.2 Å². The van der Waals surface area contributed by atoms with Crippen LogP contribution in [-0.2, 0) is 12.3 Å². The Kier molecular flexibility index (Phi) is 17.2. The Labute approximate surface area is 77.2 Å². The molecule has 0 aliphatic heterocycles. The molecule has 0 saturated carbocycles. The van der Waals surface area contributed by atoms with E-state index in [1.54, 1.807) is 0 Å². The topological polar surface area (TPSA) is 53.7 Å². The van der Waals surface area contributed by atoms with Crippen LogP contribution in [-0.4, -0.2) is 46.4 Å². The quantitative estimate of drug-likeness (QED) is 0.427. The van der Waals surface area contributed by atoms with Crippen molar-refractivity contribution in [3.05, 3.63) is 0 Å². The first-order valence-corrected chi connectivity index (χ1v) is 5.14. The van der Waals surface area contributed by atoms with Crippen LogP contribution in [0.1, 0.15) is 0 Å². The molecule has 0 heterocycles. The molecule has 0 amide bonds. The van der Waals surface area contributed by atoms with Gasteiger partial charge in [-0.25, -0.2) is 0 Å². The van der Waals surface area contributed by atoms with E-state index in [1.165, 1.54) is 0 Å². The molecule has 0 aromatic heterocycles. The minimum atomic E-state index is -0.00931. The Morgan fingerprint density at radius 2 is 2.00 bits per heavy atom. The summed E-state index contributed by atoms with van der Waals surface area (Å²) in [5, 5.41) is 0. The molecule has 0 unspecified atom stereocenters. The molecular weight excluding hydrogens is 222 g/mol. The van der Waals surface area contributed by atoms with E-state index in [-0.39, 0.29) is 32.4 Å². The number of hydrogen-bond acceptors (Lipinski definition) is 4. The summed E-state index contributed by atoms with van der Waals surface area (Å²) in [6, 6.07) is 0. The maximum atomic E-state index is 5.14. The van der Waals surface area contributed by atoms with Gasteiger partial charge in [-0.3, -0.25) is 0 Å². The second kappa shape index (κ2) is 12.7. The zero-order valence-corrected chi connectivity index (χ0v) is 9.73. The molecule has 0 bridgehead atoms. The van der Waals surface area contributed by atoms with E-state index >= 15 is 0 Å². The highest BCUT2D eigenvalue weighted by Crippen LogP contribution is 1.67. The van der Waals surface area contributed by atoms with Crippen LogP contribution >= 0.6 is 12.4 Å². The predicted octanol–water partition coefficient (Wildman–Crippen LogP) is -1.85. The van der Waals surface area contributed by atoms with Gasteiger partial charge in [-0.15, -0.1) is 12.4 Å². The van der Waals surface area contributed by atoms with Gasteiger partial charge >= 0.3 is 20.0 Å². The maximum absolute atomic E-state index is 5.14. The standard InChI is InChI=1S/CH4NO3Si4.ClH/c2-1-7-4-9-5-8-3-6;/h1-2H2;1H. The van der Waals surface area contributed by atoms with E-state index in [0.29, 0.717) is 15.9 Å². The van der Waals surface area contributed by atoms with Crippen molar-refractivity contribution in [1.82, 2.24) is 0 Å². The molecule has 9 heteroatoms. The molecule has 0 rings (SSSR count). The fourth-order valence-corrected chi connectivity index (χ4v) is 1.92. The van der Waals surface area contributed by atoms with Gasteiger partial charge in [0.05, 0.1) is 0 Å². The van der Waals surface area contributed by atoms with E-state index in [9.17, 15) is 0 Å². The lowest BCUT2D eigenvalue weighted by atomic mass is 11.5. The fourth-order valence-electron chi connectivity index (χ4n) is 0.130. The van der Waals surface area contributed by atoms with Gasteiger partial charge in [0.15, 0.2) is 0 Å². The number of nitrogens with two attached hydrogens (primary N) is 1. The van der Waals surface area contributed by atoms with Crippen molar-refractivity contribution in [3.8, 4) is 0 Å². The zero-order valence-electron chi connectivity index (χ0n) is 4.92. The molecule has 9 radical (unpaired) electrons. The Morgan fingerprint density at radius 1 is 1.30 bits per heavy atom. The third-order valence-corrected chi connectivity index (χ3v) is 2.40. The second-order valence-electron chi connectivity index (χ2n) is 0.821. The van der Waals surface area contributed by atoms with Crippen LogP contribution in [0.3, 0.4) is 0 Å². The van der Waals surface area contributed by atoms with Crippen LogP contribution < -0.4 is 5.73 Å². The maximum Gasteiger partial charge on any atom is 0.411 e. The van der Waals surface area contributed by atoms with Gasteiger partial charge in [0.1, 0.15) is 0 Å². The highest BCUT2D eigenvalue weighted by molar-refractivity contribution is 6.44. The van der Waals surface area contributed by atoms with E-state index in [1.807, 2.05) is 0 Å². The number of halogens is 1. The summed E-state index contributed by atoms with van der Waals surface area (Å²) in [4.78, 5) is 0. The lowest BCUT2D eigenvalue weighted by Crippen LogP contribution is -2.18. The van der Waals surface area contributed by atoms with E-state index in [0.717, 1.165) is 0 Å². The molecule has 0 atom stereocenters. The summed E-state index contributed by atoms with van der Waals surface area (Å²) < 4.78 is 14.1. The van der Waals surface area contributed by atoms with Crippen molar-refractivity contribution >= 4 is 52.7 Å². The molecule has 0 spiro atoms. The summed E-state index contributed by atoms with van der Waals surface area (Å²) >= 11 is 0. The van der Waals surface area contributed by atoms with Gasteiger partial charge in [-0.1, -0.05) is 0 Å². The van der Waals surface area contributed by atoms with Crippen molar-refractivity contribution < 1.29 is 12.3 Å². The normalized spacial score (nSPS) is 9.00. The lowest BCUT2D eigenvalue weighted by molar-refractivity contribution is 0.438. The molecule has 0 saturated heterocycles. The Morgan fingerprint density at radius 3 is 2.50 bits per heavy atom. The molecule has 2 N–H and O–H groups in total. The first-order valence-electron chi connectivity index (χ1n) is 1.99. The SMILES string of the molecule is Cl.NC[Si]O[Si]O[Si]O[Si]. The summed E-state index contributed by atoms with van der Waals surface area (Å²) in [6.45, 7) is 0. The predicted molar refractivity (Wildman–Crippen MR) is 42.6 cm³/mol. The van der Waals surface area contributed by atoms with E-state index in [2.05, 4.69) is 14.6 Å². The van der Waals surface area contributed by atoms with Crippen molar-refractivity contribution in [1.29, 1.82) is 0 Å². The molecule has 0 aromatic carbocycles. The summed E-state index contributed by atoms with van der Waals surface area (Å²) in [5.41, 5.74) is 5.14. The van der Waals surface area contributed by atoms with Gasteiger partial charge in [0.25, 0.3) is 0 Å². The smallest absolute Gasteiger partial charge is 0.411 e. The van der Waals surface area contributed by atoms with Crippen LogP contribution in [0.4, 0.5) is 0 Å². The second-order valence-corrected chi connectivity index (χ2v) is 4.30. The van der Waals surface area contributed by atoms with Crippen molar-refractivity contribution in [2.24, 2.45) is 5.73 Å². The highest BCUT2D eigenvalue weighted by atomic mass is 35.5. The Hall–Kier alpha value is 0.998. The minimum Gasteiger partial charge on any atom is -0.435 e. The van der Waals surface area contributed by atoms with Crippen LogP contribution in [0.15, 0.2) is 0 Å². The molecule has 0 aliphatic rings. The zero-order chi connectivity index (χ0) is 6.95. The summed E-state index contributed by atoms with van der Waals surface area (Å²) in [6.07, 6.45) is 0.550. The molecule has 0 aliphatic carbocycles. The van der Waals surface area contributed by atoms with Crippen molar-refractivity contribution in [2.45, 2.75) is 0 Å². The van der Waals surface area contributed by atoms with Gasteiger partial charge < -0.3 is 18.1 Å². The average Bonchev–Trinajstić information content (AvgIpc) is 1.89. The molecule has 4 nitrogen and oxygen atoms in total. The first kappa shape index (κ1) is 13.6. The van der Waals surface area contributed by atoms with Gasteiger partial charge in [-0.2, -0.15) is 0 Å². The van der Waals surface area contributed by atoms with Crippen LogP contribution in [0, 0.1) is 0 Å². The molecular formula is CH5ClNO3Si4. The molecule has 0 aromatic rings. The molecule has 10 heavy (non-hydrogen) atoms. The Balaban J connectivity index is 0. The first-order chi connectivity index (χ1) is 4.41. The van der Waals surface area contributed by atoms with Crippen LogP contribution in [0.25, 0.3) is 0 Å². The monoisotopic (exact) mass is 226 g/mol. The summed E-state index contributed by atoms with van der Waals surface area (Å²) in [7, 11) is 3.12. The third-order valence-electron chi connectivity index (χ3n) is 0.322. The van der Waals surface area contributed by atoms with Crippen molar-refractivity contribution in [3.63, 3.8) is 0 Å². The fraction of sp³-hybridized carbons (Fsp3) is 1.00. The highest BCUT2D eigenvalue weighted by Gasteiger charge is 1.93. The van der Waals surface area contributed by atoms with Crippen LogP contribution in [0.5, 0.6) is 0 Å². The van der Waals surface area contributed by atoms with Gasteiger partial charge in [-0.05, 0) is 0 Å². The lowest BCUT2D eigenvalue weighted by Gasteiger charge is -1.96. The average molecular weight is 227 g/mol. The van der Waals surface area contributed by atoms with E-state index in [4.69, 9.17) is 14.0 Å². The van der Waals surface area contributed by atoms with Crippen molar-refractivity contribution in [2.75, 3.05) is 6.17 Å². The van der Waals surface area contributed by atoms with Gasteiger partial charge in [0, 0.05) is 6.17 Å². The Bertz CT molecular complexity index is 53.8. The largest absolute Gasteiger partial charge is 0.435 e. The third kappa shape index (κ3) is 11.8. The summed E-state index contributed by atoms with van der Waals surface area (Å²) in [5.74, 6) is 0. The number of rotatable bonds is 6. The minimum absolute atomic E-state index is 0. The number of hydrogen-bond donors (Lipinski definition) is 1. The molecule has 0 fully saturated rings. The van der Waals surface area contributed by atoms with E-state index < -0.39 is 0 Å².